The predicted octanol–water partition coefficient (Wildman–Crippen LogP) is 3.42. The van der Waals surface area contributed by atoms with Gasteiger partial charge in [0, 0.05) is 13.0 Å². The summed E-state index contributed by atoms with van der Waals surface area (Å²) < 4.78 is 10.3. The van der Waals surface area contributed by atoms with Gasteiger partial charge in [-0.3, -0.25) is 4.79 Å². The second-order valence-electron chi connectivity index (χ2n) is 7.73. The van der Waals surface area contributed by atoms with Crippen LogP contribution in [0.15, 0.2) is 0 Å². The number of esters is 1. The molecule has 0 aromatic carbocycles. The van der Waals surface area contributed by atoms with E-state index in [4.69, 9.17) is 9.47 Å². The fourth-order valence-corrected chi connectivity index (χ4v) is 3.51. The van der Waals surface area contributed by atoms with Crippen molar-refractivity contribution in [2.75, 3.05) is 19.8 Å². The molecule has 22 heavy (non-hydrogen) atoms. The minimum absolute atomic E-state index is 0.102. The molecule has 1 saturated carbocycles. The van der Waals surface area contributed by atoms with Gasteiger partial charge >= 0.3 is 5.97 Å². The summed E-state index contributed by atoms with van der Waals surface area (Å²) in [6.45, 7) is 12.1. The number of aliphatic hydroxyl groups is 1. The molecule has 4 unspecified atom stereocenters. The van der Waals surface area contributed by atoms with Gasteiger partial charge in [-0.1, -0.05) is 27.7 Å². The maximum Gasteiger partial charge on any atom is 0.305 e. The number of carbonyl (C=O) groups excluding carboxylic acids is 1. The van der Waals surface area contributed by atoms with Gasteiger partial charge in [-0.25, -0.2) is 0 Å². The number of rotatable bonds is 7. The van der Waals surface area contributed by atoms with E-state index in [1.54, 1.807) is 0 Å². The Balaban J connectivity index is 2.38. The molecule has 4 atom stereocenters. The molecule has 130 valence electrons. The molecule has 0 aromatic rings. The van der Waals surface area contributed by atoms with E-state index in [1.807, 2.05) is 6.92 Å². The monoisotopic (exact) mass is 314 g/mol. The molecule has 0 bridgehead atoms. The van der Waals surface area contributed by atoms with Crippen LogP contribution in [0.3, 0.4) is 0 Å². The number of carbonyl (C=O) groups is 1. The molecule has 0 amide bonds. The molecule has 1 fully saturated rings. The lowest BCUT2D eigenvalue weighted by Gasteiger charge is -2.44. The second-order valence-corrected chi connectivity index (χ2v) is 7.73. The van der Waals surface area contributed by atoms with Crippen molar-refractivity contribution in [1.82, 2.24) is 0 Å². The Labute approximate surface area is 135 Å². The van der Waals surface area contributed by atoms with Crippen molar-refractivity contribution in [3.63, 3.8) is 0 Å². The van der Waals surface area contributed by atoms with Gasteiger partial charge in [0.25, 0.3) is 0 Å². The molecule has 1 aliphatic rings. The van der Waals surface area contributed by atoms with Crippen molar-refractivity contribution in [3.05, 3.63) is 0 Å². The van der Waals surface area contributed by atoms with Gasteiger partial charge in [0.15, 0.2) is 0 Å². The van der Waals surface area contributed by atoms with E-state index >= 15 is 0 Å². The fraction of sp³-hybridized carbons (Fsp3) is 0.944. The predicted molar refractivity (Wildman–Crippen MR) is 87.5 cm³/mol. The lowest BCUT2D eigenvalue weighted by Crippen LogP contribution is -2.42. The van der Waals surface area contributed by atoms with Crippen molar-refractivity contribution < 1.29 is 19.4 Å². The van der Waals surface area contributed by atoms with Crippen LogP contribution >= 0.6 is 0 Å². The number of ether oxygens (including phenoxy) is 2. The van der Waals surface area contributed by atoms with Crippen LogP contribution in [-0.2, 0) is 14.3 Å². The molecule has 4 nitrogen and oxygen atoms in total. The van der Waals surface area contributed by atoms with E-state index in [9.17, 15) is 9.90 Å². The summed E-state index contributed by atoms with van der Waals surface area (Å²) in [4.78, 5) is 11.7. The molecule has 0 spiro atoms. The van der Waals surface area contributed by atoms with Crippen molar-refractivity contribution in [1.29, 1.82) is 0 Å². The third-order valence-electron chi connectivity index (χ3n) is 4.85. The van der Waals surface area contributed by atoms with E-state index in [0.29, 0.717) is 44.0 Å². The first kappa shape index (κ1) is 19.4. The topological polar surface area (TPSA) is 55.8 Å². The summed E-state index contributed by atoms with van der Waals surface area (Å²) in [5, 5.41) is 10.4. The summed E-state index contributed by atoms with van der Waals surface area (Å²) in [6.07, 6.45) is 3.10. The Hall–Kier alpha value is -0.610. The molecule has 0 heterocycles. The molecule has 1 aliphatic carbocycles. The van der Waals surface area contributed by atoms with Crippen LogP contribution < -0.4 is 0 Å². The molecule has 0 aliphatic heterocycles. The van der Waals surface area contributed by atoms with E-state index in [1.165, 1.54) is 0 Å². The van der Waals surface area contributed by atoms with Crippen molar-refractivity contribution in [2.45, 2.75) is 66.4 Å². The zero-order chi connectivity index (χ0) is 16.8. The zero-order valence-electron chi connectivity index (χ0n) is 14.9. The van der Waals surface area contributed by atoms with Gasteiger partial charge in [0.1, 0.15) is 6.61 Å². The highest BCUT2D eigenvalue weighted by atomic mass is 16.6. The van der Waals surface area contributed by atoms with Gasteiger partial charge in [-0.05, 0) is 49.4 Å². The largest absolute Gasteiger partial charge is 0.463 e. The molecule has 1 rings (SSSR count). The van der Waals surface area contributed by atoms with Crippen molar-refractivity contribution in [2.24, 2.45) is 23.2 Å². The average molecular weight is 314 g/mol. The molecule has 0 radical (unpaired) electrons. The molecule has 0 saturated heterocycles. The first-order valence-electron chi connectivity index (χ1n) is 8.67. The van der Waals surface area contributed by atoms with Gasteiger partial charge in [-0.2, -0.15) is 0 Å². The smallest absolute Gasteiger partial charge is 0.305 e. The van der Waals surface area contributed by atoms with Gasteiger partial charge in [0.05, 0.1) is 12.7 Å². The summed E-state index contributed by atoms with van der Waals surface area (Å²) in [5.41, 5.74) is 0.102. The highest BCUT2D eigenvalue weighted by Crippen LogP contribution is 2.44. The van der Waals surface area contributed by atoms with Gasteiger partial charge in [0.2, 0.25) is 0 Å². The summed E-state index contributed by atoms with van der Waals surface area (Å²) >= 11 is 0. The Morgan fingerprint density at radius 2 is 1.91 bits per heavy atom. The maximum atomic E-state index is 11.7. The second kappa shape index (κ2) is 8.88. The fourth-order valence-electron chi connectivity index (χ4n) is 3.51. The van der Waals surface area contributed by atoms with E-state index in [-0.39, 0.29) is 17.5 Å². The normalized spacial score (nSPS) is 29.4. The van der Waals surface area contributed by atoms with Crippen LogP contribution in [0.1, 0.15) is 60.3 Å². The first-order chi connectivity index (χ1) is 10.3. The van der Waals surface area contributed by atoms with Crippen LogP contribution in [0.4, 0.5) is 0 Å². The average Bonchev–Trinajstić information content (AvgIpc) is 2.43. The van der Waals surface area contributed by atoms with Gasteiger partial charge < -0.3 is 14.6 Å². The zero-order valence-corrected chi connectivity index (χ0v) is 14.9. The maximum absolute atomic E-state index is 11.7. The molecule has 0 aromatic heterocycles. The van der Waals surface area contributed by atoms with E-state index in [2.05, 4.69) is 27.7 Å². The minimum Gasteiger partial charge on any atom is -0.463 e. The van der Waals surface area contributed by atoms with Crippen LogP contribution in [-0.4, -0.2) is 37.0 Å². The molecule has 1 N–H and O–H groups in total. The summed E-state index contributed by atoms with van der Waals surface area (Å²) in [5.74, 6) is 0.972. The van der Waals surface area contributed by atoms with E-state index < -0.39 is 0 Å². The highest BCUT2D eigenvalue weighted by Gasteiger charge is 2.40. The summed E-state index contributed by atoms with van der Waals surface area (Å²) in [6, 6.07) is 0. The third-order valence-corrected chi connectivity index (χ3v) is 4.85. The quantitative estimate of drug-likeness (QED) is 0.578. The minimum atomic E-state index is -0.227. The first-order valence-corrected chi connectivity index (χ1v) is 8.67. The van der Waals surface area contributed by atoms with Crippen molar-refractivity contribution in [3.8, 4) is 0 Å². The standard InChI is InChI=1S/C18H34O4/c1-6-21-9-10-22-16(19)8-7-14-11-13(2)17(20)15(12-14)18(3,4)5/h13-15,17,20H,6-12H2,1-5H3. The number of aliphatic hydroxyl groups excluding tert-OH is 1. The van der Waals surface area contributed by atoms with Crippen LogP contribution in [0.2, 0.25) is 0 Å². The van der Waals surface area contributed by atoms with Crippen LogP contribution in [0.5, 0.6) is 0 Å². The molecular formula is C18H34O4. The van der Waals surface area contributed by atoms with Gasteiger partial charge in [-0.15, -0.1) is 0 Å². The van der Waals surface area contributed by atoms with E-state index in [0.717, 1.165) is 19.3 Å². The Bertz CT molecular complexity index is 334. The van der Waals surface area contributed by atoms with Crippen LogP contribution in [0.25, 0.3) is 0 Å². The molecular weight excluding hydrogens is 280 g/mol. The lowest BCUT2D eigenvalue weighted by atomic mass is 9.63. The summed E-state index contributed by atoms with van der Waals surface area (Å²) in [7, 11) is 0. The Kier molecular flexibility index (Phi) is 7.84. The van der Waals surface area contributed by atoms with Crippen molar-refractivity contribution >= 4 is 5.97 Å². The number of hydrogen-bond donors (Lipinski definition) is 1. The lowest BCUT2D eigenvalue weighted by molar-refractivity contribution is -0.145. The van der Waals surface area contributed by atoms with Crippen LogP contribution in [0, 0.1) is 23.2 Å². The highest BCUT2D eigenvalue weighted by molar-refractivity contribution is 5.69. The Morgan fingerprint density at radius 1 is 1.23 bits per heavy atom. The molecule has 4 heteroatoms. The number of hydrogen-bond acceptors (Lipinski definition) is 4. The SMILES string of the molecule is CCOCCOC(=O)CCC1CC(C)C(O)C(C(C)(C)C)C1. The Morgan fingerprint density at radius 3 is 2.50 bits per heavy atom. The third kappa shape index (κ3) is 6.25.